The number of nitro groups is 1. The topological polar surface area (TPSA) is 150 Å². The van der Waals surface area contributed by atoms with Crippen LogP contribution in [0.5, 0.6) is 5.75 Å². The summed E-state index contributed by atoms with van der Waals surface area (Å²) in [6, 6.07) is 17.9. The average molecular weight is 511 g/mol. The molecule has 176 valence electrons. The molecule has 0 aliphatic rings. The maximum absolute atomic E-state index is 10.9. The molecule has 0 unspecified atom stereocenters. The van der Waals surface area contributed by atoms with Crippen molar-refractivity contribution in [2.75, 3.05) is 16.1 Å². The van der Waals surface area contributed by atoms with E-state index in [0.29, 0.717) is 10.7 Å². The van der Waals surface area contributed by atoms with Gasteiger partial charge in [-0.3, -0.25) is 10.1 Å². The molecule has 35 heavy (non-hydrogen) atoms. The number of nitrogens with one attached hydrogen (secondary N) is 3. The van der Waals surface area contributed by atoms with Gasteiger partial charge in [-0.1, -0.05) is 41.4 Å². The third kappa shape index (κ3) is 6.31. The second-order valence-electron chi connectivity index (χ2n) is 6.92. The fourth-order valence-corrected chi connectivity index (χ4v) is 3.34. The van der Waals surface area contributed by atoms with E-state index < -0.39 is 4.92 Å². The highest BCUT2D eigenvalue weighted by molar-refractivity contribution is 6.36. The molecule has 3 aromatic carbocycles. The Balaban J connectivity index is 1.60. The number of hydrogen-bond donors (Lipinski definition) is 4. The Kier molecular flexibility index (Phi) is 7.19. The van der Waals surface area contributed by atoms with Gasteiger partial charge in [0.2, 0.25) is 17.8 Å². The van der Waals surface area contributed by atoms with Crippen molar-refractivity contribution in [3.8, 4) is 5.75 Å². The van der Waals surface area contributed by atoms with Gasteiger partial charge in [-0.05, 0) is 36.4 Å². The number of aromatic hydroxyl groups is 1. The van der Waals surface area contributed by atoms with E-state index in [4.69, 9.17) is 23.2 Å². The summed E-state index contributed by atoms with van der Waals surface area (Å²) in [5.41, 5.74) is 4.19. The first-order valence-corrected chi connectivity index (χ1v) is 10.7. The molecule has 0 saturated heterocycles. The zero-order chi connectivity index (χ0) is 24.8. The fourth-order valence-electron chi connectivity index (χ4n) is 2.83. The molecule has 0 aliphatic heterocycles. The Hall–Kier alpha value is -4.48. The number of para-hydroxylation sites is 1. The molecule has 0 radical (unpaired) electrons. The van der Waals surface area contributed by atoms with Gasteiger partial charge in [0.1, 0.15) is 5.75 Å². The van der Waals surface area contributed by atoms with Crippen molar-refractivity contribution < 1.29 is 10.0 Å². The number of phenols is 1. The van der Waals surface area contributed by atoms with Crippen LogP contribution in [0.3, 0.4) is 0 Å². The highest BCUT2D eigenvalue weighted by Crippen LogP contribution is 2.30. The summed E-state index contributed by atoms with van der Waals surface area (Å²) in [5, 5.41) is 31.5. The van der Waals surface area contributed by atoms with Crippen molar-refractivity contribution in [3.05, 3.63) is 92.5 Å². The molecule has 11 nitrogen and oxygen atoms in total. The van der Waals surface area contributed by atoms with Crippen LogP contribution in [0.2, 0.25) is 10.0 Å². The number of benzene rings is 3. The van der Waals surface area contributed by atoms with Gasteiger partial charge >= 0.3 is 0 Å². The number of rotatable bonds is 8. The summed E-state index contributed by atoms with van der Waals surface area (Å²) >= 11 is 11.9. The summed E-state index contributed by atoms with van der Waals surface area (Å²) in [4.78, 5) is 23.3. The summed E-state index contributed by atoms with van der Waals surface area (Å²) in [5.74, 6) is 0.261. The molecule has 4 N–H and O–H groups in total. The predicted octanol–water partition coefficient (Wildman–Crippen LogP) is 5.73. The number of hydrogen-bond acceptors (Lipinski definition) is 10. The molecule has 0 amide bonds. The highest BCUT2D eigenvalue weighted by Gasteiger charge is 2.10. The van der Waals surface area contributed by atoms with Crippen molar-refractivity contribution >= 4 is 64.3 Å². The number of nitrogens with zero attached hydrogens (tertiary/aromatic N) is 5. The minimum absolute atomic E-state index is 0.0429. The molecule has 13 heteroatoms. The average Bonchev–Trinajstić information content (AvgIpc) is 2.83. The van der Waals surface area contributed by atoms with Crippen LogP contribution in [0.1, 0.15) is 5.56 Å². The molecule has 1 heterocycles. The molecule has 4 aromatic rings. The van der Waals surface area contributed by atoms with Crippen LogP contribution < -0.4 is 16.1 Å². The van der Waals surface area contributed by atoms with Gasteiger partial charge in [0, 0.05) is 34.1 Å². The van der Waals surface area contributed by atoms with Crippen LogP contribution in [-0.2, 0) is 0 Å². The normalized spacial score (nSPS) is 10.8. The van der Waals surface area contributed by atoms with E-state index in [1.165, 1.54) is 42.6 Å². The van der Waals surface area contributed by atoms with Crippen molar-refractivity contribution in [2.45, 2.75) is 0 Å². The SMILES string of the molecule is O=[N+]([O-])c1ccc(Nc2nc(N/N=C/c3cc(Cl)cc(Cl)c3O)nc(Nc3ccccc3)n2)cc1. The first-order valence-electron chi connectivity index (χ1n) is 9.94. The lowest BCUT2D eigenvalue weighted by Gasteiger charge is -2.10. The van der Waals surface area contributed by atoms with Gasteiger partial charge in [0.15, 0.2) is 0 Å². The maximum Gasteiger partial charge on any atom is 0.269 e. The summed E-state index contributed by atoms with van der Waals surface area (Å²) in [6.45, 7) is 0. The molecule has 1 aromatic heterocycles. The second kappa shape index (κ2) is 10.6. The van der Waals surface area contributed by atoms with Gasteiger partial charge in [0.25, 0.3) is 5.69 Å². The minimum Gasteiger partial charge on any atom is -0.506 e. The summed E-state index contributed by atoms with van der Waals surface area (Å²) < 4.78 is 0. The second-order valence-corrected chi connectivity index (χ2v) is 7.77. The smallest absolute Gasteiger partial charge is 0.269 e. The van der Waals surface area contributed by atoms with E-state index in [9.17, 15) is 15.2 Å². The van der Waals surface area contributed by atoms with E-state index in [1.807, 2.05) is 30.3 Å². The first-order chi connectivity index (χ1) is 16.9. The van der Waals surface area contributed by atoms with Crippen molar-refractivity contribution in [1.29, 1.82) is 0 Å². The third-order valence-electron chi connectivity index (χ3n) is 4.43. The lowest BCUT2D eigenvalue weighted by atomic mass is 10.2. The minimum atomic E-state index is -0.487. The van der Waals surface area contributed by atoms with E-state index in [0.717, 1.165) is 5.69 Å². The molecular formula is C22H16Cl2N8O3. The van der Waals surface area contributed by atoms with Crippen molar-refractivity contribution in [2.24, 2.45) is 5.10 Å². The Bertz CT molecular complexity index is 1390. The molecule has 0 aliphatic carbocycles. The standard InChI is InChI=1S/C22H16Cl2N8O3/c23-14-10-13(19(33)18(24)11-14)12-25-31-22-29-20(26-15-4-2-1-3-5-15)28-21(30-22)27-16-6-8-17(9-7-16)32(34)35/h1-12,33H,(H3,26,27,28,29,30,31)/b25-12+. The summed E-state index contributed by atoms with van der Waals surface area (Å²) in [7, 11) is 0. The van der Waals surface area contributed by atoms with Gasteiger partial charge in [-0.2, -0.15) is 20.1 Å². The van der Waals surface area contributed by atoms with E-state index in [2.05, 4.69) is 36.1 Å². The number of nitro benzene ring substituents is 1. The van der Waals surface area contributed by atoms with Gasteiger partial charge in [0.05, 0.1) is 16.2 Å². The Morgan fingerprint density at radius 1 is 0.886 bits per heavy atom. The Morgan fingerprint density at radius 2 is 1.49 bits per heavy atom. The molecule has 0 atom stereocenters. The zero-order valence-electron chi connectivity index (χ0n) is 17.7. The maximum atomic E-state index is 10.9. The summed E-state index contributed by atoms with van der Waals surface area (Å²) in [6.07, 6.45) is 1.31. The largest absolute Gasteiger partial charge is 0.506 e. The third-order valence-corrected chi connectivity index (χ3v) is 4.93. The van der Waals surface area contributed by atoms with Gasteiger partial charge in [-0.25, -0.2) is 5.43 Å². The number of non-ortho nitro benzene ring substituents is 1. The van der Waals surface area contributed by atoms with Crippen LogP contribution in [-0.4, -0.2) is 31.2 Å². The van der Waals surface area contributed by atoms with Crippen LogP contribution in [0.25, 0.3) is 0 Å². The molecule has 0 spiro atoms. The van der Waals surface area contributed by atoms with E-state index in [-0.39, 0.29) is 39.9 Å². The monoisotopic (exact) mass is 510 g/mol. The Labute approximate surface area is 208 Å². The van der Waals surface area contributed by atoms with Crippen LogP contribution in [0, 0.1) is 10.1 Å². The number of aromatic nitrogens is 3. The fraction of sp³-hybridized carbons (Fsp3) is 0. The predicted molar refractivity (Wildman–Crippen MR) is 135 cm³/mol. The molecule has 4 rings (SSSR count). The lowest BCUT2D eigenvalue weighted by Crippen LogP contribution is -2.07. The molecule has 0 bridgehead atoms. The quantitative estimate of drug-likeness (QED) is 0.132. The van der Waals surface area contributed by atoms with E-state index in [1.54, 1.807) is 0 Å². The Morgan fingerprint density at radius 3 is 2.11 bits per heavy atom. The van der Waals surface area contributed by atoms with Crippen molar-refractivity contribution in [1.82, 2.24) is 15.0 Å². The number of halogens is 2. The molecular weight excluding hydrogens is 495 g/mol. The van der Waals surface area contributed by atoms with Gasteiger partial charge in [-0.15, -0.1) is 0 Å². The van der Waals surface area contributed by atoms with Crippen LogP contribution in [0.4, 0.5) is 34.9 Å². The number of anilines is 5. The number of phenolic OH excluding ortho intramolecular Hbond substituents is 1. The van der Waals surface area contributed by atoms with Gasteiger partial charge < -0.3 is 15.7 Å². The highest BCUT2D eigenvalue weighted by atomic mass is 35.5. The molecule has 0 saturated carbocycles. The first kappa shape index (κ1) is 23.7. The lowest BCUT2D eigenvalue weighted by molar-refractivity contribution is -0.384. The molecule has 0 fully saturated rings. The van der Waals surface area contributed by atoms with Crippen LogP contribution in [0.15, 0.2) is 71.8 Å². The number of hydrazone groups is 1. The van der Waals surface area contributed by atoms with Crippen LogP contribution >= 0.6 is 23.2 Å². The zero-order valence-corrected chi connectivity index (χ0v) is 19.2. The van der Waals surface area contributed by atoms with E-state index >= 15 is 0 Å². The van der Waals surface area contributed by atoms with Crippen molar-refractivity contribution in [3.63, 3.8) is 0 Å².